The highest BCUT2D eigenvalue weighted by atomic mass is 16.2. The van der Waals surface area contributed by atoms with E-state index in [1.165, 1.54) is 135 Å². The maximum atomic E-state index is 12.8. The maximum Gasteiger partial charge on any atom is 0.237 e. The van der Waals surface area contributed by atoms with Crippen molar-refractivity contribution in [2.75, 3.05) is 13.1 Å². The van der Waals surface area contributed by atoms with Crippen molar-refractivity contribution < 1.29 is 4.79 Å². The van der Waals surface area contributed by atoms with Crippen molar-refractivity contribution in [2.45, 2.75) is 181 Å². The molecule has 37 heavy (non-hydrogen) atoms. The first kappa shape index (κ1) is 36.2. The first-order valence-corrected chi connectivity index (χ1v) is 16.8. The van der Waals surface area contributed by atoms with Crippen LogP contribution in [0.5, 0.6) is 0 Å². The van der Waals surface area contributed by atoms with Crippen LogP contribution < -0.4 is 10.6 Å². The van der Waals surface area contributed by atoms with Crippen LogP contribution in [0.1, 0.15) is 175 Å². The number of unbranched alkanes of at least 4 members (excludes halogenated alkanes) is 21. The minimum Gasteiger partial charge on any atom is -0.355 e. The Morgan fingerprint density at radius 1 is 0.622 bits per heavy atom. The highest BCUT2D eigenvalue weighted by molar-refractivity contribution is 5.82. The quantitative estimate of drug-likeness (QED) is 0.0730. The largest absolute Gasteiger partial charge is 0.355 e. The van der Waals surface area contributed by atoms with E-state index in [9.17, 15) is 4.79 Å². The number of rotatable bonds is 30. The molecule has 3 nitrogen and oxygen atoms in total. The van der Waals surface area contributed by atoms with Gasteiger partial charge in [0.2, 0.25) is 5.91 Å². The molecule has 0 rings (SSSR count). The van der Waals surface area contributed by atoms with Crippen LogP contribution in [0.4, 0.5) is 0 Å². The molecule has 2 N–H and O–H groups in total. The monoisotopic (exact) mass is 521 g/mol. The number of carbonyl (C=O) groups excluding carboxylic acids is 1. The van der Waals surface area contributed by atoms with Crippen LogP contribution >= 0.6 is 0 Å². The fraction of sp³-hybridized carbons (Fsp3) is 0.912. The maximum absolute atomic E-state index is 12.8. The van der Waals surface area contributed by atoms with Crippen molar-refractivity contribution >= 4 is 5.91 Å². The van der Waals surface area contributed by atoms with E-state index >= 15 is 0 Å². The number of allylic oxidation sites excluding steroid dienone is 1. The van der Waals surface area contributed by atoms with E-state index in [1.54, 1.807) is 0 Å². The lowest BCUT2D eigenvalue weighted by molar-refractivity contribution is -0.124. The number of amides is 1. The second kappa shape index (κ2) is 29.7. The van der Waals surface area contributed by atoms with E-state index < -0.39 is 0 Å². The molecule has 3 heteroatoms. The second-order valence-corrected chi connectivity index (χ2v) is 11.6. The first-order valence-electron chi connectivity index (χ1n) is 16.8. The average molecular weight is 521 g/mol. The van der Waals surface area contributed by atoms with Crippen LogP contribution in [0.2, 0.25) is 0 Å². The molecule has 0 fully saturated rings. The topological polar surface area (TPSA) is 41.1 Å². The molecule has 0 aliphatic heterocycles. The fourth-order valence-corrected chi connectivity index (χ4v) is 5.16. The molecule has 0 radical (unpaired) electrons. The van der Waals surface area contributed by atoms with Gasteiger partial charge in [0.25, 0.3) is 0 Å². The Kier molecular flexibility index (Phi) is 29.1. The lowest BCUT2D eigenvalue weighted by atomic mass is 9.98. The third kappa shape index (κ3) is 25.2. The van der Waals surface area contributed by atoms with Gasteiger partial charge < -0.3 is 10.6 Å². The van der Waals surface area contributed by atoms with Gasteiger partial charge in [0.1, 0.15) is 0 Å². The van der Waals surface area contributed by atoms with Gasteiger partial charge in [-0.25, -0.2) is 0 Å². The molecule has 0 aromatic rings. The summed E-state index contributed by atoms with van der Waals surface area (Å²) >= 11 is 0. The standard InChI is InChI=1S/C34H68N2O/c1-5-8-10-12-14-16-17-18-19-20-21-22-23-25-27-29-31-36-34(37)33(32(4)7-3)35-30-28-26-24-15-13-11-9-6-2/h6,32-33,35H,2,5,7-31H2,1,3-4H3,(H,36,37)/t32-,33-/m0/s1. The molecule has 0 heterocycles. The Morgan fingerprint density at radius 2 is 1.03 bits per heavy atom. The summed E-state index contributed by atoms with van der Waals surface area (Å²) in [6, 6.07) is -0.0429. The Bertz CT molecular complexity index is 478. The van der Waals surface area contributed by atoms with E-state index in [0.29, 0.717) is 5.92 Å². The van der Waals surface area contributed by atoms with Gasteiger partial charge in [-0.1, -0.05) is 155 Å². The van der Waals surface area contributed by atoms with E-state index in [2.05, 4.69) is 38.0 Å². The summed E-state index contributed by atoms with van der Waals surface area (Å²) in [5.74, 6) is 0.587. The van der Waals surface area contributed by atoms with E-state index in [-0.39, 0.29) is 11.9 Å². The highest BCUT2D eigenvalue weighted by Crippen LogP contribution is 2.14. The third-order valence-corrected chi connectivity index (χ3v) is 8.02. The summed E-state index contributed by atoms with van der Waals surface area (Å²) in [7, 11) is 0. The van der Waals surface area contributed by atoms with E-state index in [1.807, 2.05) is 6.08 Å². The van der Waals surface area contributed by atoms with Gasteiger partial charge in [0.05, 0.1) is 6.04 Å². The molecule has 0 aromatic carbocycles. The van der Waals surface area contributed by atoms with Gasteiger partial charge in [-0.05, 0) is 38.1 Å². The van der Waals surface area contributed by atoms with Crippen molar-refractivity contribution in [2.24, 2.45) is 5.92 Å². The zero-order chi connectivity index (χ0) is 27.2. The van der Waals surface area contributed by atoms with Gasteiger partial charge in [0.15, 0.2) is 0 Å². The molecule has 0 saturated heterocycles. The van der Waals surface area contributed by atoms with Crippen LogP contribution in [-0.2, 0) is 4.79 Å². The van der Waals surface area contributed by atoms with Crippen LogP contribution in [0.25, 0.3) is 0 Å². The molecule has 0 saturated carbocycles. The van der Waals surface area contributed by atoms with Crippen molar-refractivity contribution in [3.05, 3.63) is 12.7 Å². The number of hydrogen-bond donors (Lipinski definition) is 2. The summed E-state index contributed by atoms with van der Waals surface area (Å²) < 4.78 is 0. The molecule has 220 valence electrons. The molecule has 1 amide bonds. The van der Waals surface area contributed by atoms with Gasteiger partial charge in [-0.2, -0.15) is 0 Å². The molecule has 0 aromatic heterocycles. The molecule has 0 aliphatic rings. The van der Waals surface area contributed by atoms with Crippen molar-refractivity contribution in [1.82, 2.24) is 10.6 Å². The predicted octanol–water partition coefficient (Wildman–Crippen LogP) is 10.3. The molecule has 0 spiro atoms. The van der Waals surface area contributed by atoms with Gasteiger partial charge in [-0.3, -0.25) is 4.79 Å². The summed E-state index contributed by atoms with van der Waals surface area (Å²) in [6.07, 6.45) is 34.0. The van der Waals surface area contributed by atoms with E-state index in [4.69, 9.17) is 0 Å². The van der Waals surface area contributed by atoms with Crippen LogP contribution in [0, 0.1) is 5.92 Å². The minimum atomic E-state index is -0.0429. The highest BCUT2D eigenvalue weighted by Gasteiger charge is 2.22. The molecule has 0 unspecified atom stereocenters. The second-order valence-electron chi connectivity index (χ2n) is 11.6. The average Bonchev–Trinajstić information content (AvgIpc) is 2.91. The molecule has 0 bridgehead atoms. The lowest BCUT2D eigenvalue weighted by Crippen LogP contribution is -2.48. The van der Waals surface area contributed by atoms with Gasteiger partial charge in [-0.15, -0.1) is 6.58 Å². The summed E-state index contributed by atoms with van der Waals surface area (Å²) in [5.41, 5.74) is 0. The zero-order valence-corrected chi connectivity index (χ0v) is 25.7. The lowest BCUT2D eigenvalue weighted by Gasteiger charge is -2.23. The molecular formula is C34H68N2O. The SMILES string of the molecule is C=CCCCCCCCCN[C@H](C(=O)NCCCCCCCCCCCCCCCCCC)[C@@H](C)CC. The van der Waals surface area contributed by atoms with Crippen molar-refractivity contribution in [1.29, 1.82) is 0 Å². The Morgan fingerprint density at radius 3 is 1.46 bits per heavy atom. The Labute approximate surface area is 233 Å². The summed E-state index contributed by atoms with van der Waals surface area (Å²) in [4.78, 5) is 12.8. The van der Waals surface area contributed by atoms with Crippen molar-refractivity contribution in [3.8, 4) is 0 Å². The predicted molar refractivity (Wildman–Crippen MR) is 166 cm³/mol. The summed E-state index contributed by atoms with van der Waals surface area (Å²) in [5, 5.41) is 6.78. The fourth-order valence-electron chi connectivity index (χ4n) is 5.16. The minimum absolute atomic E-state index is 0.0429. The number of nitrogens with one attached hydrogen (secondary N) is 2. The first-order chi connectivity index (χ1) is 18.2. The molecule has 0 aliphatic carbocycles. The van der Waals surface area contributed by atoms with Crippen LogP contribution in [-0.4, -0.2) is 25.0 Å². The number of hydrogen-bond acceptors (Lipinski definition) is 2. The molecule has 2 atom stereocenters. The van der Waals surface area contributed by atoms with Gasteiger partial charge >= 0.3 is 0 Å². The number of carbonyl (C=O) groups is 1. The third-order valence-electron chi connectivity index (χ3n) is 8.02. The Hall–Kier alpha value is -0.830. The van der Waals surface area contributed by atoms with Gasteiger partial charge in [0, 0.05) is 6.54 Å². The van der Waals surface area contributed by atoms with Crippen LogP contribution in [0.15, 0.2) is 12.7 Å². The molecular weight excluding hydrogens is 452 g/mol. The zero-order valence-electron chi connectivity index (χ0n) is 25.7. The normalized spacial score (nSPS) is 12.9. The van der Waals surface area contributed by atoms with Crippen LogP contribution in [0.3, 0.4) is 0 Å². The smallest absolute Gasteiger partial charge is 0.237 e. The summed E-state index contributed by atoms with van der Waals surface area (Å²) in [6.45, 7) is 12.2. The van der Waals surface area contributed by atoms with Crippen molar-refractivity contribution in [3.63, 3.8) is 0 Å². The van der Waals surface area contributed by atoms with E-state index in [0.717, 1.165) is 32.4 Å². The Balaban J connectivity index is 3.61.